The fraction of sp³-hybridized carbons (Fsp3) is 0.571. The molecule has 1 aliphatic heterocycles. The van der Waals surface area contributed by atoms with Gasteiger partial charge < -0.3 is 0 Å². The van der Waals surface area contributed by atoms with Gasteiger partial charge in [-0.2, -0.15) is 0 Å². The van der Waals surface area contributed by atoms with E-state index in [9.17, 15) is 0 Å². The summed E-state index contributed by atoms with van der Waals surface area (Å²) in [6.45, 7) is 0. The molecule has 1 aromatic rings. The Hall–Kier alpha value is 0.515. The van der Waals surface area contributed by atoms with E-state index in [4.69, 9.17) is 14.5 Å². The predicted octanol–water partition coefficient (Wildman–Crippen LogP) is 3.88. The second kappa shape index (κ2) is 8.08. The van der Waals surface area contributed by atoms with Gasteiger partial charge in [-0.25, -0.2) is 0 Å². The van der Waals surface area contributed by atoms with Crippen LogP contribution in [0.15, 0.2) is 30.3 Å². The van der Waals surface area contributed by atoms with Crippen LogP contribution in [0.1, 0.15) is 24.8 Å². The second-order valence-electron chi connectivity index (χ2n) is 4.92. The number of rotatable bonds is 6. The second-order valence-corrected chi connectivity index (χ2v) is 15.6. The zero-order valence-electron chi connectivity index (χ0n) is 11.3. The molecule has 2 rings (SSSR count). The van der Waals surface area contributed by atoms with E-state index < -0.39 is 27.9 Å². The Morgan fingerprint density at radius 3 is 2.79 bits per heavy atom. The molecule has 0 amide bonds. The molecule has 1 fully saturated rings. The molecule has 102 valence electrons. The molecule has 1 aromatic carbocycles. The number of ether oxygens (including phenoxy) is 1. The van der Waals surface area contributed by atoms with Crippen LogP contribution in [0.4, 0.5) is 0 Å². The minimum absolute atomic E-state index is 0.279. The maximum atomic E-state index is 5.59. The molecular formula is C14H19BrHgO3. The Balaban J connectivity index is 1.86. The molecule has 19 heavy (non-hydrogen) atoms. The van der Waals surface area contributed by atoms with Crippen LogP contribution in [0.3, 0.4) is 0 Å². The van der Waals surface area contributed by atoms with E-state index in [-0.39, 0.29) is 6.10 Å². The summed E-state index contributed by atoms with van der Waals surface area (Å²) >= 11 is 2.83. The molecule has 0 saturated carbocycles. The van der Waals surface area contributed by atoms with Gasteiger partial charge >= 0.3 is 133 Å². The number of aryl methyl sites for hydroxylation is 1. The molecule has 0 aromatic heterocycles. The third-order valence-corrected chi connectivity index (χ3v) is 11.0. The van der Waals surface area contributed by atoms with Gasteiger partial charge in [-0.15, -0.1) is 0 Å². The summed E-state index contributed by atoms with van der Waals surface area (Å²) in [5.74, 6) is -0.560. The van der Waals surface area contributed by atoms with Crippen LogP contribution in [0.25, 0.3) is 0 Å². The van der Waals surface area contributed by atoms with Gasteiger partial charge in [0.15, 0.2) is 0 Å². The molecule has 1 aliphatic rings. The Kier molecular flexibility index (Phi) is 6.76. The summed E-state index contributed by atoms with van der Waals surface area (Å²) in [7, 11) is 1.71. The van der Waals surface area contributed by atoms with E-state index in [1.165, 1.54) is 9.49 Å². The van der Waals surface area contributed by atoms with Crippen LogP contribution in [-0.4, -0.2) is 19.0 Å². The first-order valence-corrected chi connectivity index (χ1v) is 22.6. The van der Waals surface area contributed by atoms with Crippen molar-refractivity contribution in [3.8, 4) is 0 Å². The van der Waals surface area contributed by atoms with Crippen LogP contribution >= 0.6 is 11.9 Å². The van der Waals surface area contributed by atoms with Gasteiger partial charge in [0, 0.05) is 0 Å². The number of hydrogen-bond acceptors (Lipinski definition) is 3. The standard InChI is InChI=1S/C14H19O3.BrH.Hg/c1-12-8-10-14(15-2,17-16-12)11-9-13-6-4-3-5-7-13;;/h3-7,12H,1,8-11H2,2H3;1H;/q;;+1/p-1/t12-,14+;;/m0../s1. The van der Waals surface area contributed by atoms with Crippen LogP contribution in [0, 0.1) is 0 Å². The fourth-order valence-electron chi connectivity index (χ4n) is 2.32. The first-order valence-electron chi connectivity index (χ1n) is 6.77. The molecule has 3 nitrogen and oxygen atoms in total. The van der Waals surface area contributed by atoms with Crippen LogP contribution in [0.2, 0.25) is 3.93 Å². The molecule has 0 unspecified atom stereocenters. The average Bonchev–Trinajstić information content (AvgIpc) is 2.48. The molecule has 0 aliphatic carbocycles. The van der Waals surface area contributed by atoms with Crippen molar-refractivity contribution in [3.05, 3.63) is 35.9 Å². The molecule has 0 N–H and O–H groups in total. The third kappa shape index (κ3) is 4.78. The van der Waals surface area contributed by atoms with Crippen molar-refractivity contribution in [2.45, 2.75) is 41.5 Å². The summed E-state index contributed by atoms with van der Waals surface area (Å²) in [6.07, 6.45) is 4.01. The van der Waals surface area contributed by atoms with E-state index in [1.807, 2.05) is 6.07 Å². The topological polar surface area (TPSA) is 27.7 Å². The Labute approximate surface area is 132 Å². The monoisotopic (exact) mass is 516 g/mol. The number of hydrogen-bond donors (Lipinski definition) is 0. The van der Waals surface area contributed by atoms with Crippen molar-refractivity contribution in [2.75, 3.05) is 7.11 Å². The zero-order chi connectivity index (χ0) is 13.6. The minimum atomic E-state index is -0.817. The fourth-order valence-corrected chi connectivity index (χ4v) is 9.25. The van der Waals surface area contributed by atoms with Crippen molar-refractivity contribution in [1.29, 1.82) is 0 Å². The van der Waals surface area contributed by atoms with Crippen molar-refractivity contribution in [2.24, 2.45) is 0 Å². The predicted molar refractivity (Wildman–Crippen MR) is 73.4 cm³/mol. The summed E-state index contributed by atoms with van der Waals surface area (Å²) in [5.41, 5.74) is 1.31. The Bertz CT molecular complexity index is 366. The number of methoxy groups -OCH3 is 1. The normalized spacial score (nSPS) is 26.9. The van der Waals surface area contributed by atoms with E-state index in [2.05, 4.69) is 36.2 Å². The van der Waals surface area contributed by atoms with Crippen LogP contribution in [0.5, 0.6) is 0 Å². The summed E-state index contributed by atoms with van der Waals surface area (Å²) < 4.78 is 6.78. The van der Waals surface area contributed by atoms with E-state index in [0.717, 1.165) is 25.7 Å². The van der Waals surface area contributed by atoms with Crippen molar-refractivity contribution in [3.63, 3.8) is 0 Å². The van der Waals surface area contributed by atoms with Crippen LogP contribution in [-0.2, 0) is 43.1 Å². The first-order chi connectivity index (χ1) is 9.28. The van der Waals surface area contributed by atoms with Crippen molar-refractivity contribution >= 4 is 11.9 Å². The molecule has 5 heteroatoms. The average molecular weight is 516 g/mol. The molecule has 0 spiro atoms. The van der Waals surface area contributed by atoms with Gasteiger partial charge in [-0.1, -0.05) is 0 Å². The van der Waals surface area contributed by atoms with Crippen molar-refractivity contribution in [1.82, 2.24) is 0 Å². The van der Waals surface area contributed by atoms with E-state index >= 15 is 0 Å². The summed E-state index contributed by atoms with van der Waals surface area (Å²) in [5, 5.41) is 0. The van der Waals surface area contributed by atoms with Gasteiger partial charge in [-0.05, 0) is 0 Å². The van der Waals surface area contributed by atoms with E-state index in [0.29, 0.717) is 0 Å². The van der Waals surface area contributed by atoms with Gasteiger partial charge in [0.1, 0.15) is 0 Å². The van der Waals surface area contributed by atoms with Crippen LogP contribution < -0.4 is 0 Å². The Morgan fingerprint density at radius 2 is 2.21 bits per heavy atom. The Morgan fingerprint density at radius 1 is 1.42 bits per heavy atom. The maximum absolute atomic E-state index is 5.59. The van der Waals surface area contributed by atoms with Gasteiger partial charge in [-0.3, -0.25) is 0 Å². The van der Waals surface area contributed by atoms with Crippen molar-refractivity contribution < 1.29 is 36.7 Å². The molecule has 1 heterocycles. The molecule has 1 saturated heterocycles. The van der Waals surface area contributed by atoms with Gasteiger partial charge in [0.05, 0.1) is 0 Å². The van der Waals surface area contributed by atoms with Gasteiger partial charge in [0.2, 0.25) is 0 Å². The van der Waals surface area contributed by atoms with E-state index in [1.54, 1.807) is 7.11 Å². The molecule has 0 bridgehead atoms. The summed E-state index contributed by atoms with van der Waals surface area (Å²) in [4.78, 5) is 11.1. The summed E-state index contributed by atoms with van der Waals surface area (Å²) in [6, 6.07) is 10.4. The first kappa shape index (κ1) is 15.9. The molecule has 2 atom stereocenters. The molecule has 0 radical (unpaired) electrons. The SMILES string of the molecule is CO[C@]1(CCc2ccccc2)CC[C@H]([CH2][Hg][Br])OO1. The zero-order valence-corrected chi connectivity index (χ0v) is 18.4. The number of halogens is 1. The number of benzene rings is 1. The molecular weight excluding hydrogens is 497 g/mol. The quantitative estimate of drug-likeness (QED) is 0.425. The third-order valence-electron chi connectivity index (χ3n) is 3.62. The van der Waals surface area contributed by atoms with Gasteiger partial charge in [0.25, 0.3) is 0 Å².